The van der Waals surface area contributed by atoms with Crippen molar-refractivity contribution in [3.63, 3.8) is 0 Å². The minimum atomic E-state index is -1.22. The number of anilines is 1. The van der Waals surface area contributed by atoms with Crippen molar-refractivity contribution >= 4 is 30.5 Å². The first kappa shape index (κ1) is 22.5. The zero-order valence-electron chi connectivity index (χ0n) is 14.7. The molecule has 0 bridgehead atoms. The van der Waals surface area contributed by atoms with Gasteiger partial charge in [0, 0.05) is 64.0 Å². The van der Waals surface area contributed by atoms with Crippen LogP contribution in [0.4, 0.5) is 5.69 Å². The summed E-state index contributed by atoms with van der Waals surface area (Å²) in [6.45, 7) is 12.9. The molecular weight excluding hydrogens is 390 g/mol. The van der Waals surface area contributed by atoms with E-state index in [1.54, 1.807) is 0 Å². The molecule has 1 rings (SSSR count). The number of amides is 1. The van der Waals surface area contributed by atoms with Crippen LogP contribution in [-0.2, 0) is 37.5 Å². The van der Waals surface area contributed by atoms with E-state index < -0.39 is 7.26 Å². The molecule has 5 heteroatoms. The van der Waals surface area contributed by atoms with Gasteiger partial charge in [-0.1, -0.05) is 24.9 Å². The number of halogens is 1. The van der Waals surface area contributed by atoms with Crippen molar-refractivity contribution in [2.24, 2.45) is 0 Å². The Balaban J connectivity index is 0.00000441. The van der Waals surface area contributed by atoms with Crippen LogP contribution in [0.2, 0.25) is 5.02 Å². The third kappa shape index (κ3) is 5.86. The predicted octanol–water partition coefficient (Wildman–Crippen LogP) is 5.36. The minimum Gasteiger partial charge on any atom is -0.322 e. The Kier molecular flexibility index (Phi) is 9.95. The van der Waals surface area contributed by atoms with Gasteiger partial charge in [-0.15, -0.1) is 0 Å². The quantitative estimate of drug-likeness (QED) is 0.620. The molecule has 1 aromatic rings. The molecule has 1 atom stereocenters. The number of aryl methyl sites for hydroxylation is 2. The average Bonchev–Trinajstić information content (AvgIpc) is 2.39. The normalized spacial score (nSPS) is 12.5. The summed E-state index contributed by atoms with van der Waals surface area (Å²) in [5.74, 6) is 0.172. The largest absolute Gasteiger partial charge is 0.322 e. The van der Waals surface area contributed by atoms with E-state index in [0.29, 0.717) is 0 Å². The summed E-state index contributed by atoms with van der Waals surface area (Å²) >= 11 is 6.06. The van der Waals surface area contributed by atoms with Crippen LogP contribution in [0.5, 0.6) is 0 Å². The standard InChI is InChI=1S/C17H27ClNOP.Y/c1-7-9-15(21(5,6)8-2)17(20)19-16-12(3)10-14(18)11-13(16)4;/h10-11,15H,7-9H2,1-6H3;/p+1. The van der Waals surface area contributed by atoms with Crippen LogP contribution in [0.3, 0.4) is 0 Å². The molecule has 0 saturated carbocycles. The molecule has 0 spiro atoms. The van der Waals surface area contributed by atoms with Gasteiger partial charge in [0.25, 0.3) is 5.91 Å². The molecule has 1 radical (unpaired) electrons. The summed E-state index contributed by atoms with van der Waals surface area (Å²) in [6.07, 6.45) is 3.11. The van der Waals surface area contributed by atoms with Crippen LogP contribution in [0, 0.1) is 13.8 Å². The van der Waals surface area contributed by atoms with Crippen LogP contribution >= 0.6 is 18.9 Å². The molecule has 0 fully saturated rings. The second kappa shape index (κ2) is 9.72. The maximum Gasteiger partial charge on any atom is 0.265 e. The van der Waals surface area contributed by atoms with E-state index in [2.05, 4.69) is 32.5 Å². The monoisotopic (exact) mass is 417 g/mol. The number of hydrogen-bond donors (Lipinski definition) is 1. The maximum atomic E-state index is 12.8. The molecule has 0 aliphatic heterocycles. The van der Waals surface area contributed by atoms with E-state index in [9.17, 15) is 4.79 Å². The molecule has 0 aromatic heterocycles. The molecule has 121 valence electrons. The van der Waals surface area contributed by atoms with Crippen molar-refractivity contribution in [2.75, 3.05) is 24.8 Å². The molecule has 1 N–H and O–H groups in total. The summed E-state index contributed by atoms with van der Waals surface area (Å²) in [5, 5.41) is 3.88. The van der Waals surface area contributed by atoms with Gasteiger partial charge in [0.2, 0.25) is 0 Å². The van der Waals surface area contributed by atoms with Crippen molar-refractivity contribution in [3.8, 4) is 0 Å². The van der Waals surface area contributed by atoms with E-state index in [1.807, 2.05) is 26.0 Å². The zero-order valence-corrected chi connectivity index (χ0v) is 19.2. The molecule has 0 aliphatic carbocycles. The maximum absolute atomic E-state index is 12.8. The average molecular weight is 418 g/mol. The van der Waals surface area contributed by atoms with E-state index in [4.69, 9.17) is 11.6 Å². The SMILES string of the molecule is CCCC(C(=O)Nc1c(C)cc(Cl)cc1C)[P+](C)(C)CC.[Y]. The molecular formula is C17H28ClNOPY+. The fraction of sp³-hybridized carbons (Fsp3) is 0.588. The Hall–Kier alpha value is 0.514. The van der Waals surface area contributed by atoms with Crippen molar-refractivity contribution < 1.29 is 37.5 Å². The first-order valence-electron chi connectivity index (χ1n) is 7.63. The van der Waals surface area contributed by atoms with Gasteiger partial charge >= 0.3 is 0 Å². The van der Waals surface area contributed by atoms with Gasteiger partial charge in [0.15, 0.2) is 0 Å². The van der Waals surface area contributed by atoms with Gasteiger partial charge in [-0.3, -0.25) is 4.79 Å². The van der Waals surface area contributed by atoms with Crippen molar-refractivity contribution in [1.82, 2.24) is 0 Å². The fourth-order valence-corrected chi connectivity index (χ4v) is 5.03. The van der Waals surface area contributed by atoms with Crippen LogP contribution in [0.1, 0.15) is 37.8 Å². The van der Waals surface area contributed by atoms with E-state index >= 15 is 0 Å². The molecule has 0 aliphatic rings. The van der Waals surface area contributed by atoms with Gasteiger partial charge < -0.3 is 5.32 Å². The number of nitrogens with one attached hydrogen (secondary N) is 1. The number of carbonyl (C=O) groups is 1. The Morgan fingerprint density at radius 1 is 1.23 bits per heavy atom. The number of hydrogen-bond acceptors (Lipinski definition) is 1. The summed E-state index contributed by atoms with van der Waals surface area (Å²) in [7, 11) is -1.22. The van der Waals surface area contributed by atoms with Crippen LogP contribution in [0.25, 0.3) is 0 Å². The summed E-state index contributed by atoms with van der Waals surface area (Å²) in [4.78, 5) is 12.8. The minimum absolute atomic E-state index is 0. The van der Waals surface area contributed by atoms with Crippen LogP contribution in [0.15, 0.2) is 12.1 Å². The van der Waals surface area contributed by atoms with Crippen molar-refractivity contribution in [2.45, 2.75) is 46.2 Å². The Bertz CT molecular complexity index is 496. The second-order valence-electron chi connectivity index (χ2n) is 6.30. The fourth-order valence-electron chi connectivity index (χ4n) is 2.61. The Morgan fingerprint density at radius 3 is 2.14 bits per heavy atom. The first-order valence-corrected chi connectivity index (χ1v) is 10.9. The van der Waals surface area contributed by atoms with E-state index in [1.165, 1.54) is 0 Å². The first-order chi connectivity index (χ1) is 9.72. The third-order valence-electron chi connectivity index (χ3n) is 4.27. The van der Waals surface area contributed by atoms with E-state index in [-0.39, 0.29) is 44.3 Å². The smallest absolute Gasteiger partial charge is 0.265 e. The van der Waals surface area contributed by atoms with Gasteiger partial charge in [0.1, 0.15) is 5.66 Å². The van der Waals surface area contributed by atoms with Crippen molar-refractivity contribution in [3.05, 3.63) is 28.3 Å². The summed E-state index contributed by atoms with van der Waals surface area (Å²) in [6, 6.07) is 3.80. The van der Waals surface area contributed by atoms with Crippen molar-refractivity contribution in [1.29, 1.82) is 0 Å². The third-order valence-corrected chi connectivity index (χ3v) is 8.30. The molecule has 1 unspecified atom stereocenters. The number of rotatable bonds is 6. The van der Waals surface area contributed by atoms with Crippen LogP contribution in [-0.4, -0.2) is 31.1 Å². The predicted molar refractivity (Wildman–Crippen MR) is 97.6 cm³/mol. The van der Waals surface area contributed by atoms with Gasteiger partial charge in [-0.05, 0) is 50.5 Å². The molecule has 1 amide bonds. The molecule has 1 aromatic carbocycles. The molecule has 2 nitrogen and oxygen atoms in total. The zero-order chi connectivity index (χ0) is 16.2. The van der Waals surface area contributed by atoms with E-state index in [0.717, 1.165) is 40.8 Å². The van der Waals surface area contributed by atoms with Gasteiger partial charge in [-0.2, -0.15) is 0 Å². The summed E-state index contributed by atoms with van der Waals surface area (Å²) < 4.78 is 0. The van der Waals surface area contributed by atoms with Crippen LogP contribution < -0.4 is 5.32 Å². The Labute approximate surface area is 166 Å². The number of carbonyl (C=O) groups excluding carboxylic acids is 1. The molecule has 0 heterocycles. The van der Waals surface area contributed by atoms with Gasteiger partial charge in [0.05, 0.1) is 6.16 Å². The molecule has 0 saturated heterocycles. The van der Waals surface area contributed by atoms with Gasteiger partial charge in [-0.25, -0.2) is 0 Å². The second-order valence-corrected chi connectivity index (χ2v) is 11.6. The summed E-state index contributed by atoms with van der Waals surface area (Å²) in [5.41, 5.74) is 3.11. The number of benzene rings is 1. The topological polar surface area (TPSA) is 29.1 Å². The molecule has 22 heavy (non-hydrogen) atoms. The Morgan fingerprint density at radius 2 is 1.73 bits per heavy atom.